The first kappa shape index (κ1) is 8.12. The van der Waals surface area contributed by atoms with Gasteiger partial charge in [0.15, 0.2) is 0 Å². The highest BCUT2D eigenvalue weighted by Gasteiger charge is 2.44. The Morgan fingerprint density at radius 3 is 2.08 bits per heavy atom. The van der Waals surface area contributed by atoms with Crippen molar-refractivity contribution < 1.29 is 14.0 Å². The van der Waals surface area contributed by atoms with Gasteiger partial charge in [0.25, 0.3) is 0 Å². The topological polar surface area (TPSA) is 27.7 Å². The van der Waals surface area contributed by atoms with Crippen molar-refractivity contribution in [2.24, 2.45) is 5.41 Å². The first-order chi connectivity index (χ1) is 5.68. The monoisotopic (exact) mass is 167 g/mol. The molecule has 0 aliphatic carbocycles. The lowest BCUT2D eigenvalue weighted by Gasteiger charge is -2.55. The number of fused-ring (bicyclic) bond motifs is 3. The summed E-state index contributed by atoms with van der Waals surface area (Å²) in [7, 11) is 0. The molecule has 0 aromatic heterocycles. The molecular formula is C8H12BO3-. The van der Waals surface area contributed by atoms with Crippen LogP contribution in [0.25, 0.3) is 0 Å². The summed E-state index contributed by atoms with van der Waals surface area (Å²) in [6.07, 6.45) is 0. The minimum atomic E-state index is -1.70. The molecule has 0 saturated carbocycles. The molecule has 3 heterocycles. The summed E-state index contributed by atoms with van der Waals surface area (Å²) in [6.45, 7) is 4.23. The Kier molecular flexibility index (Phi) is 1.69. The molecule has 2 bridgehead atoms. The van der Waals surface area contributed by atoms with E-state index in [2.05, 4.69) is 18.7 Å². The smallest absolute Gasteiger partial charge is 0.456 e. The minimum Gasteiger partial charge on any atom is -0.533 e. The molecule has 0 unspecified atom stereocenters. The van der Waals surface area contributed by atoms with E-state index in [0.717, 1.165) is 0 Å². The normalized spacial score (nSPS) is 45.2. The predicted octanol–water partition coefficient (Wildman–Crippen LogP) is 0.571. The largest absolute Gasteiger partial charge is 0.533 e. The fourth-order valence-corrected chi connectivity index (χ4v) is 1.50. The summed E-state index contributed by atoms with van der Waals surface area (Å²) in [5, 5.41) is 0. The van der Waals surface area contributed by atoms with E-state index in [0.29, 0.717) is 19.8 Å². The second kappa shape index (κ2) is 2.49. The Labute approximate surface area is 72.4 Å². The van der Waals surface area contributed by atoms with Gasteiger partial charge in [-0.05, 0) is 6.92 Å². The molecule has 3 aliphatic rings. The second-order valence-electron chi connectivity index (χ2n) is 3.78. The summed E-state index contributed by atoms with van der Waals surface area (Å²) in [4.78, 5) is 0. The molecule has 0 aromatic carbocycles. The third kappa shape index (κ3) is 1.14. The summed E-state index contributed by atoms with van der Waals surface area (Å²) in [5.41, 5.74) is 0.0406. The average Bonchev–Trinajstić information content (AvgIpc) is 2.08. The van der Waals surface area contributed by atoms with Crippen molar-refractivity contribution in [3.63, 3.8) is 0 Å². The zero-order chi connectivity index (χ0) is 8.66. The van der Waals surface area contributed by atoms with Crippen molar-refractivity contribution in [3.8, 4) is 11.7 Å². The first-order valence-corrected chi connectivity index (χ1v) is 4.17. The van der Waals surface area contributed by atoms with Crippen LogP contribution >= 0.6 is 0 Å². The van der Waals surface area contributed by atoms with Crippen molar-refractivity contribution in [1.82, 2.24) is 0 Å². The first-order valence-electron chi connectivity index (χ1n) is 4.17. The molecule has 0 aromatic rings. The van der Waals surface area contributed by atoms with E-state index in [-0.39, 0.29) is 5.41 Å². The molecule has 3 nitrogen and oxygen atoms in total. The highest BCUT2D eigenvalue weighted by molar-refractivity contribution is 6.70. The van der Waals surface area contributed by atoms with Crippen molar-refractivity contribution in [3.05, 3.63) is 0 Å². The Morgan fingerprint density at radius 2 is 1.67 bits per heavy atom. The quantitative estimate of drug-likeness (QED) is 0.390. The highest BCUT2D eigenvalue weighted by atomic mass is 16.8. The van der Waals surface area contributed by atoms with Crippen LogP contribution in [0.4, 0.5) is 0 Å². The van der Waals surface area contributed by atoms with Gasteiger partial charge in [-0.1, -0.05) is 6.92 Å². The van der Waals surface area contributed by atoms with Gasteiger partial charge in [0, 0.05) is 25.2 Å². The van der Waals surface area contributed by atoms with E-state index in [4.69, 9.17) is 14.0 Å². The highest BCUT2D eigenvalue weighted by Crippen LogP contribution is 2.34. The maximum absolute atomic E-state index is 5.45. The van der Waals surface area contributed by atoms with Crippen molar-refractivity contribution >= 4 is 6.75 Å². The number of hydrogen-bond donors (Lipinski definition) is 0. The van der Waals surface area contributed by atoms with Crippen LogP contribution in [0.3, 0.4) is 0 Å². The lowest BCUT2D eigenvalue weighted by atomic mass is 9.72. The standard InChI is InChI=1S/C8H12BO3/c1-3-4-9-10-5-8(2,6-11-9)7-12-9/h5-7H2,1-2H3/q-1. The molecule has 4 heteroatoms. The van der Waals surface area contributed by atoms with Gasteiger partial charge in [0.2, 0.25) is 0 Å². The lowest BCUT2D eigenvalue weighted by Crippen LogP contribution is -2.62. The second-order valence-corrected chi connectivity index (χ2v) is 3.78. The van der Waals surface area contributed by atoms with Crippen LogP contribution in [0.15, 0.2) is 0 Å². The lowest BCUT2D eigenvalue weighted by molar-refractivity contribution is -0.118. The molecule has 3 aliphatic heterocycles. The van der Waals surface area contributed by atoms with Gasteiger partial charge in [0.05, 0.1) is 0 Å². The van der Waals surface area contributed by atoms with E-state index >= 15 is 0 Å². The van der Waals surface area contributed by atoms with E-state index in [1.165, 1.54) is 0 Å². The molecule has 3 rings (SSSR count). The zero-order valence-electron chi connectivity index (χ0n) is 7.42. The van der Waals surface area contributed by atoms with Crippen molar-refractivity contribution in [2.75, 3.05) is 19.8 Å². The Hall–Kier alpha value is -0.495. The van der Waals surface area contributed by atoms with E-state index < -0.39 is 6.75 Å². The maximum atomic E-state index is 5.45. The Bertz CT molecular complexity index is 228. The van der Waals surface area contributed by atoms with Gasteiger partial charge in [-0.3, -0.25) is 0 Å². The van der Waals surface area contributed by atoms with Crippen molar-refractivity contribution in [2.45, 2.75) is 13.8 Å². The summed E-state index contributed by atoms with van der Waals surface area (Å²) < 4.78 is 16.4. The fourth-order valence-electron chi connectivity index (χ4n) is 1.50. The number of hydrogen-bond acceptors (Lipinski definition) is 3. The van der Waals surface area contributed by atoms with E-state index in [1.54, 1.807) is 6.92 Å². The molecule has 12 heavy (non-hydrogen) atoms. The minimum absolute atomic E-state index is 0.0406. The third-order valence-electron chi connectivity index (χ3n) is 2.27. The van der Waals surface area contributed by atoms with Crippen LogP contribution in [0, 0.1) is 17.2 Å². The van der Waals surface area contributed by atoms with Gasteiger partial charge >= 0.3 is 6.75 Å². The SMILES string of the molecule is CC#C[B-]12OCC(C)(CO1)CO2. The molecule has 66 valence electrons. The molecule has 0 amide bonds. The van der Waals surface area contributed by atoms with Crippen LogP contribution in [-0.2, 0) is 14.0 Å². The average molecular weight is 167 g/mol. The Balaban J connectivity index is 2.18. The molecular weight excluding hydrogens is 155 g/mol. The molecule has 0 spiro atoms. The van der Waals surface area contributed by atoms with Gasteiger partial charge in [-0.15, -0.1) is 5.92 Å². The van der Waals surface area contributed by atoms with Crippen LogP contribution in [0.1, 0.15) is 13.8 Å². The molecule has 3 saturated heterocycles. The molecule has 0 atom stereocenters. The van der Waals surface area contributed by atoms with Gasteiger partial charge in [-0.2, -0.15) is 0 Å². The maximum Gasteiger partial charge on any atom is 0.456 e. The summed E-state index contributed by atoms with van der Waals surface area (Å²) in [6, 6.07) is 0. The van der Waals surface area contributed by atoms with Crippen LogP contribution in [-0.4, -0.2) is 26.6 Å². The van der Waals surface area contributed by atoms with Gasteiger partial charge in [-0.25, -0.2) is 5.82 Å². The molecule has 0 radical (unpaired) electrons. The Morgan fingerprint density at radius 1 is 1.17 bits per heavy atom. The predicted molar refractivity (Wildman–Crippen MR) is 45.2 cm³/mol. The third-order valence-corrected chi connectivity index (χ3v) is 2.27. The van der Waals surface area contributed by atoms with Gasteiger partial charge in [0.1, 0.15) is 0 Å². The number of rotatable bonds is 0. The van der Waals surface area contributed by atoms with Crippen LogP contribution in [0.2, 0.25) is 0 Å². The van der Waals surface area contributed by atoms with E-state index in [9.17, 15) is 0 Å². The fraction of sp³-hybridized carbons (Fsp3) is 0.750. The van der Waals surface area contributed by atoms with Crippen LogP contribution in [0.5, 0.6) is 0 Å². The van der Waals surface area contributed by atoms with E-state index in [1.807, 2.05) is 0 Å². The van der Waals surface area contributed by atoms with Gasteiger partial charge < -0.3 is 14.0 Å². The summed E-state index contributed by atoms with van der Waals surface area (Å²) in [5.74, 6) is 5.62. The molecule has 3 fully saturated rings. The zero-order valence-corrected chi connectivity index (χ0v) is 7.42. The molecule has 0 N–H and O–H groups in total. The summed E-state index contributed by atoms with van der Waals surface area (Å²) >= 11 is 0. The van der Waals surface area contributed by atoms with Crippen molar-refractivity contribution in [1.29, 1.82) is 0 Å². The van der Waals surface area contributed by atoms with Crippen LogP contribution < -0.4 is 0 Å².